The minimum absolute atomic E-state index is 0.186. The van der Waals surface area contributed by atoms with Gasteiger partial charge in [-0.05, 0) is 49.9 Å². The fourth-order valence-electron chi connectivity index (χ4n) is 2.18. The van der Waals surface area contributed by atoms with Crippen LogP contribution in [0.4, 0.5) is 0 Å². The molecule has 0 bridgehead atoms. The molecule has 2 rings (SSSR count). The lowest BCUT2D eigenvalue weighted by Gasteiger charge is -2.10. The molecular formula is C15H17N5O4. The lowest BCUT2D eigenvalue weighted by molar-refractivity contribution is 0.0696. The Hall–Kier alpha value is -3.19. The highest BCUT2D eigenvalue weighted by Gasteiger charge is 2.12. The van der Waals surface area contributed by atoms with Crippen LogP contribution in [-0.4, -0.2) is 27.9 Å². The summed E-state index contributed by atoms with van der Waals surface area (Å²) < 4.78 is 5.67. The molecule has 0 saturated carbocycles. The number of aromatic nitrogens is 2. The second-order valence-electron chi connectivity index (χ2n) is 5.12. The molecule has 9 heteroatoms. The van der Waals surface area contributed by atoms with Gasteiger partial charge in [0.05, 0.1) is 17.9 Å². The van der Waals surface area contributed by atoms with Gasteiger partial charge in [0, 0.05) is 10.5 Å². The van der Waals surface area contributed by atoms with Gasteiger partial charge < -0.3 is 14.7 Å². The number of aryl methyl sites for hydroxylation is 2. The zero-order valence-corrected chi connectivity index (χ0v) is 13.3. The first kappa shape index (κ1) is 17.2. The molecule has 1 heterocycles. The summed E-state index contributed by atoms with van der Waals surface area (Å²) >= 11 is 0. The first-order valence-corrected chi connectivity index (χ1v) is 7.25. The fraction of sp³-hybridized carbons (Fsp3) is 0.333. The number of azide groups is 1. The van der Waals surface area contributed by atoms with Gasteiger partial charge in [0.1, 0.15) is 11.0 Å². The SMILES string of the molecule is Cc1ccc(C(=O)O)cc1OCCCc1c(C)n[nH]c1ON=[N+]=[N-]. The lowest BCUT2D eigenvalue weighted by Crippen LogP contribution is -2.03. The van der Waals surface area contributed by atoms with Crippen molar-refractivity contribution in [3.63, 3.8) is 0 Å². The van der Waals surface area contributed by atoms with Crippen molar-refractivity contribution in [3.05, 3.63) is 51.0 Å². The average Bonchev–Trinajstić information content (AvgIpc) is 2.91. The van der Waals surface area contributed by atoms with Gasteiger partial charge in [0.25, 0.3) is 0 Å². The smallest absolute Gasteiger partial charge is 0.335 e. The van der Waals surface area contributed by atoms with Gasteiger partial charge in [-0.2, -0.15) is 5.10 Å². The molecule has 24 heavy (non-hydrogen) atoms. The van der Waals surface area contributed by atoms with Gasteiger partial charge >= 0.3 is 5.97 Å². The second-order valence-corrected chi connectivity index (χ2v) is 5.12. The van der Waals surface area contributed by atoms with Gasteiger partial charge in [0.2, 0.25) is 5.88 Å². The third kappa shape index (κ3) is 4.17. The molecule has 2 N–H and O–H groups in total. The topological polar surface area (TPSA) is 133 Å². The van der Waals surface area contributed by atoms with Crippen LogP contribution in [0.15, 0.2) is 23.5 Å². The van der Waals surface area contributed by atoms with E-state index < -0.39 is 5.97 Å². The minimum atomic E-state index is -0.992. The average molecular weight is 331 g/mol. The van der Waals surface area contributed by atoms with Crippen LogP contribution in [0.3, 0.4) is 0 Å². The van der Waals surface area contributed by atoms with Crippen molar-refractivity contribution in [2.24, 2.45) is 5.28 Å². The number of carboxylic acid groups (broad SMARTS) is 1. The number of aromatic amines is 1. The molecule has 0 amide bonds. The number of benzene rings is 1. The summed E-state index contributed by atoms with van der Waals surface area (Å²) in [6, 6.07) is 4.76. The number of carboxylic acids is 1. The maximum atomic E-state index is 11.0. The number of nitrogens with one attached hydrogen (secondary N) is 1. The molecule has 1 aromatic heterocycles. The molecule has 0 spiro atoms. The number of rotatable bonds is 8. The molecule has 0 atom stereocenters. The fourth-order valence-corrected chi connectivity index (χ4v) is 2.18. The summed E-state index contributed by atoms with van der Waals surface area (Å²) in [5, 5.41) is 18.7. The van der Waals surface area contributed by atoms with E-state index in [9.17, 15) is 4.79 Å². The van der Waals surface area contributed by atoms with Crippen LogP contribution in [0.2, 0.25) is 0 Å². The molecular weight excluding hydrogens is 314 g/mol. The first-order valence-electron chi connectivity index (χ1n) is 7.25. The van der Waals surface area contributed by atoms with Gasteiger partial charge in [-0.25, -0.2) is 9.89 Å². The van der Waals surface area contributed by atoms with E-state index >= 15 is 0 Å². The Morgan fingerprint density at radius 2 is 2.25 bits per heavy atom. The number of aromatic carboxylic acids is 1. The highest BCUT2D eigenvalue weighted by atomic mass is 16.6. The molecule has 0 aliphatic heterocycles. The van der Waals surface area contributed by atoms with Crippen molar-refractivity contribution in [1.82, 2.24) is 10.2 Å². The predicted molar refractivity (Wildman–Crippen MR) is 85.1 cm³/mol. The largest absolute Gasteiger partial charge is 0.493 e. The number of H-pyrrole nitrogens is 1. The molecule has 9 nitrogen and oxygen atoms in total. The van der Waals surface area contributed by atoms with E-state index in [-0.39, 0.29) is 5.56 Å². The summed E-state index contributed by atoms with van der Waals surface area (Å²) in [5.74, 6) is -0.132. The van der Waals surface area contributed by atoms with Gasteiger partial charge in [-0.1, -0.05) is 6.07 Å². The van der Waals surface area contributed by atoms with Gasteiger partial charge in [-0.3, -0.25) is 0 Å². The summed E-state index contributed by atoms with van der Waals surface area (Å²) in [6.45, 7) is 4.07. The molecule has 0 aliphatic carbocycles. The van der Waals surface area contributed by atoms with Crippen LogP contribution in [0.1, 0.15) is 33.6 Å². The van der Waals surface area contributed by atoms with Crippen molar-refractivity contribution in [3.8, 4) is 11.6 Å². The number of hydrogen-bond donors (Lipinski definition) is 2. The summed E-state index contributed by atoms with van der Waals surface area (Å²) in [5.41, 5.74) is 10.9. The molecule has 0 aliphatic rings. The van der Waals surface area contributed by atoms with E-state index in [1.165, 1.54) is 6.07 Å². The van der Waals surface area contributed by atoms with Crippen LogP contribution >= 0.6 is 0 Å². The Morgan fingerprint density at radius 3 is 2.96 bits per heavy atom. The minimum Gasteiger partial charge on any atom is -0.493 e. The van der Waals surface area contributed by atoms with Crippen molar-refractivity contribution in [2.75, 3.05) is 6.61 Å². The van der Waals surface area contributed by atoms with Crippen molar-refractivity contribution in [2.45, 2.75) is 26.7 Å². The number of carbonyl (C=O) groups is 1. The van der Waals surface area contributed by atoms with Crippen LogP contribution < -0.4 is 9.57 Å². The summed E-state index contributed by atoms with van der Waals surface area (Å²) in [6.07, 6.45) is 1.26. The van der Waals surface area contributed by atoms with Crippen LogP contribution in [0, 0.1) is 13.8 Å². The molecule has 2 aromatic rings. The molecule has 0 radical (unpaired) electrons. The van der Waals surface area contributed by atoms with Crippen LogP contribution in [0.5, 0.6) is 11.6 Å². The molecule has 0 saturated heterocycles. The van der Waals surface area contributed by atoms with E-state index in [1.54, 1.807) is 12.1 Å². The standard InChI is InChI=1S/C15H17N5O4/c1-9-5-6-11(15(21)22)8-13(9)23-7-3-4-12-10(2)17-18-14(12)24-20-19-16/h5-6,8H,3-4,7H2,1-2H3,(H,17,18)(H,21,22). The number of ether oxygens (including phenoxy) is 1. The lowest BCUT2D eigenvalue weighted by atomic mass is 10.1. The van der Waals surface area contributed by atoms with Gasteiger partial charge in [-0.15, -0.1) is 0 Å². The third-order valence-corrected chi connectivity index (χ3v) is 3.47. The normalized spacial score (nSPS) is 10.1. The van der Waals surface area contributed by atoms with Crippen molar-refractivity contribution >= 4 is 5.97 Å². The first-order chi connectivity index (χ1) is 11.5. The molecule has 126 valence electrons. The summed E-state index contributed by atoms with van der Waals surface area (Å²) in [7, 11) is 0. The van der Waals surface area contributed by atoms with E-state index in [4.69, 9.17) is 20.2 Å². The Labute approximate surface area is 137 Å². The third-order valence-electron chi connectivity index (χ3n) is 3.47. The zero-order chi connectivity index (χ0) is 17.5. The zero-order valence-electron chi connectivity index (χ0n) is 13.3. The van der Waals surface area contributed by atoms with Crippen LogP contribution in [-0.2, 0) is 6.42 Å². The highest BCUT2D eigenvalue weighted by Crippen LogP contribution is 2.22. The number of hydrogen-bond acceptors (Lipinski definition) is 5. The number of nitrogens with zero attached hydrogens (tertiary/aromatic N) is 4. The summed E-state index contributed by atoms with van der Waals surface area (Å²) in [4.78, 5) is 18.4. The Balaban J connectivity index is 1.94. The predicted octanol–water partition coefficient (Wildman–Crippen LogP) is 3.34. The maximum Gasteiger partial charge on any atom is 0.335 e. The second kappa shape index (κ2) is 7.89. The molecule has 0 unspecified atom stereocenters. The van der Waals surface area contributed by atoms with Crippen molar-refractivity contribution in [1.29, 1.82) is 0 Å². The van der Waals surface area contributed by atoms with E-state index in [0.717, 1.165) is 16.8 Å². The van der Waals surface area contributed by atoms with E-state index in [0.29, 0.717) is 31.1 Å². The quantitative estimate of drug-likeness (QED) is 0.251. The molecule has 1 aromatic carbocycles. The van der Waals surface area contributed by atoms with E-state index in [1.807, 2.05) is 13.8 Å². The maximum absolute atomic E-state index is 11.0. The van der Waals surface area contributed by atoms with Crippen molar-refractivity contribution < 1.29 is 19.5 Å². The van der Waals surface area contributed by atoms with Crippen LogP contribution in [0.25, 0.3) is 10.4 Å². The Morgan fingerprint density at radius 1 is 1.46 bits per heavy atom. The highest BCUT2D eigenvalue weighted by molar-refractivity contribution is 5.88. The Bertz CT molecular complexity index is 780. The monoisotopic (exact) mass is 331 g/mol. The van der Waals surface area contributed by atoms with Gasteiger partial charge in [0.15, 0.2) is 0 Å². The van der Waals surface area contributed by atoms with E-state index in [2.05, 4.69) is 20.4 Å². The molecule has 0 fully saturated rings. The Kier molecular flexibility index (Phi) is 5.64.